The van der Waals surface area contributed by atoms with Gasteiger partial charge in [0.25, 0.3) is 0 Å². The second-order valence-corrected chi connectivity index (χ2v) is 6.85. The van der Waals surface area contributed by atoms with Crippen LogP contribution in [0.15, 0.2) is 28.6 Å². The Hall–Kier alpha value is -0.780. The first-order chi connectivity index (χ1) is 11.7. The SMILES string of the molecule is CN=C(NCc1nc(C(F)(F)F)cs1)NC(C)c1ccc(Cl)c(Cl)c1.I. The summed E-state index contributed by atoms with van der Waals surface area (Å²) < 4.78 is 37.7. The molecule has 0 saturated carbocycles. The van der Waals surface area contributed by atoms with Gasteiger partial charge in [-0.05, 0) is 24.6 Å². The highest BCUT2D eigenvalue weighted by atomic mass is 127. The molecule has 0 aliphatic rings. The van der Waals surface area contributed by atoms with E-state index in [1.54, 1.807) is 19.2 Å². The molecule has 1 unspecified atom stereocenters. The van der Waals surface area contributed by atoms with E-state index in [4.69, 9.17) is 23.2 Å². The maximum atomic E-state index is 12.6. The quantitative estimate of drug-likeness (QED) is 0.306. The standard InChI is InChI=1S/C15H15Cl2F3N4S.HI/c1-8(9-3-4-10(16)11(17)5-9)23-14(21-2)22-6-13-24-12(7-25-13)15(18,19)20;/h3-5,7-8H,6H2,1-2H3,(H2,21,22,23);1H. The molecule has 1 heterocycles. The lowest BCUT2D eigenvalue weighted by atomic mass is 10.1. The number of benzene rings is 1. The third-order valence-electron chi connectivity index (χ3n) is 3.27. The highest BCUT2D eigenvalue weighted by Crippen LogP contribution is 2.30. The summed E-state index contributed by atoms with van der Waals surface area (Å²) in [5.41, 5.74) is 0.00683. The van der Waals surface area contributed by atoms with Gasteiger partial charge < -0.3 is 10.6 Å². The van der Waals surface area contributed by atoms with Crippen molar-refractivity contribution in [2.75, 3.05) is 7.05 Å². The molecule has 2 aromatic rings. The number of thiazole rings is 1. The number of alkyl halides is 3. The van der Waals surface area contributed by atoms with Gasteiger partial charge in [0.05, 0.1) is 22.6 Å². The number of aromatic nitrogens is 1. The Morgan fingerprint density at radius 1 is 1.31 bits per heavy atom. The normalized spacial score (nSPS) is 13.1. The fourth-order valence-corrected chi connectivity index (χ4v) is 2.99. The van der Waals surface area contributed by atoms with Crippen molar-refractivity contribution >= 4 is 64.5 Å². The van der Waals surface area contributed by atoms with Gasteiger partial charge in [0.15, 0.2) is 11.7 Å². The van der Waals surface area contributed by atoms with Gasteiger partial charge in [-0.1, -0.05) is 29.3 Å². The number of nitrogens with zero attached hydrogens (tertiary/aromatic N) is 2. The van der Waals surface area contributed by atoms with Crippen LogP contribution in [0.5, 0.6) is 0 Å². The summed E-state index contributed by atoms with van der Waals surface area (Å²) in [6, 6.07) is 5.13. The molecule has 0 saturated heterocycles. The number of hydrogen-bond acceptors (Lipinski definition) is 3. The van der Waals surface area contributed by atoms with E-state index in [-0.39, 0.29) is 36.6 Å². The summed E-state index contributed by atoms with van der Waals surface area (Å²) in [5.74, 6) is 0.433. The maximum absolute atomic E-state index is 12.6. The fourth-order valence-electron chi connectivity index (χ4n) is 1.95. The zero-order valence-corrected chi connectivity index (χ0v) is 18.4. The van der Waals surface area contributed by atoms with Crippen LogP contribution in [-0.2, 0) is 12.7 Å². The van der Waals surface area contributed by atoms with Crippen LogP contribution in [0.25, 0.3) is 0 Å². The lowest BCUT2D eigenvalue weighted by molar-refractivity contribution is -0.140. The van der Waals surface area contributed by atoms with Gasteiger partial charge >= 0.3 is 6.18 Å². The van der Waals surface area contributed by atoms with E-state index in [9.17, 15) is 13.2 Å². The van der Waals surface area contributed by atoms with Crippen LogP contribution in [0.3, 0.4) is 0 Å². The minimum Gasteiger partial charge on any atom is -0.350 e. The van der Waals surface area contributed by atoms with Crippen LogP contribution in [0.4, 0.5) is 13.2 Å². The highest BCUT2D eigenvalue weighted by Gasteiger charge is 2.33. The van der Waals surface area contributed by atoms with Crippen LogP contribution < -0.4 is 10.6 Å². The average Bonchev–Trinajstić information content (AvgIpc) is 3.03. The zero-order chi connectivity index (χ0) is 18.6. The molecule has 0 amide bonds. The molecule has 1 aromatic heterocycles. The molecule has 2 N–H and O–H groups in total. The van der Waals surface area contributed by atoms with E-state index in [1.165, 1.54) is 0 Å². The van der Waals surface area contributed by atoms with Crippen LogP contribution >= 0.6 is 58.5 Å². The van der Waals surface area contributed by atoms with Crippen LogP contribution in [0.1, 0.15) is 29.2 Å². The van der Waals surface area contributed by atoms with Crippen molar-refractivity contribution in [1.82, 2.24) is 15.6 Å². The van der Waals surface area contributed by atoms with Crippen molar-refractivity contribution in [2.45, 2.75) is 25.7 Å². The van der Waals surface area contributed by atoms with Gasteiger partial charge in [-0.3, -0.25) is 4.99 Å². The molecule has 0 radical (unpaired) electrons. The predicted molar refractivity (Wildman–Crippen MR) is 111 cm³/mol. The summed E-state index contributed by atoms with van der Waals surface area (Å²) >= 11 is 12.8. The molecule has 26 heavy (non-hydrogen) atoms. The van der Waals surface area contributed by atoms with Crippen molar-refractivity contribution in [3.8, 4) is 0 Å². The number of halogens is 6. The van der Waals surface area contributed by atoms with Gasteiger partial charge in [0.2, 0.25) is 0 Å². The largest absolute Gasteiger partial charge is 0.434 e. The Labute approximate surface area is 180 Å². The molecule has 0 fully saturated rings. The lowest BCUT2D eigenvalue weighted by Crippen LogP contribution is -2.38. The van der Waals surface area contributed by atoms with E-state index < -0.39 is 11.9 Å². The number of hydrogen-bond donors (Lipinski definition) is 2. The summed E-state index contributed by atoms with van der Waals surface area (Å²) in [6.07, 6.45) is -4.43. The van der Waals surface area contributed by atoms with E-state index >= 15 is 0 Å². The number of guanidine groups is 1. The second kappa shape index (κ2) is 9.95. The Morgan fingerprint density at radius 2 is 2.00 bits per heavy atom. The molecule has 1 aromatic carbocycles. The average molecular weight is 539 g/mol. The lowest BCUT2D eigenvalue weighted by Gasteiger charge is -2.18. The van der Waals surface area contributed by atoms with Gasteiger partial charge in [-0.2, -0.15) is 13.2 Å². The van der Waals surface area contributed by atoms with Gasteiger partial charge in [-0.15, -0.1) is 35.3 Å². The Bertz CT molecular complexity index is 768. The van der Waals surface area contributed by atoms with E-state index in [2.05, 4.69) is 20.6 Å². The van der Waals surface area contributed by atoms with Crippen LogP contribution in [0.2, 0.25) is 10.0 Å². The number of nitrogens with one attached hydrogen (secondary N) is 2. The molecule has 2 rings (SSSR count). The van der Waals surface area contributed by atoms with Gasteiger partial charge in [0.1, 0.15) is 5.01 Å². The van der Waals surface area contributed by atoms with Crippen LogP contribution in [-0.4, -0.2) is 18.0 Å². The summed E-state index contributed by atoms with van der Waals surface area (Å²) in [7, 11) is 1.57. The Balaban J connectivity index is 0.00000338. The second-order valence-electron chi connectivity index (χ2n) is 5.09. The molecular formula is C15H16Cl2F3IN4S. The van der Waals surface area contributed by atoms with E-state index in [0.717, 1.165) is 22.3 Å². The van der Waals surface area contributed by atoms with Crippen LogP contribution in [0, 0.1) is 0 Å². The van der Waals surface area contributed by atoms with Crippen molar-refractivity contribution in [2.24, 2.45) is 4.99 Å². The fraction of sp³-hybridized carbons (Fsp3) is 0.333. The molecule has 11 heteroatoms. The summed E-state index contributed by atoms with van der Waals surface area (Å²) in [6.45, 7) is 2.03. The third kappa shape index (κ3) is 6.43. The predicted octanol–water partition coefficient (Wildman–Crippen LogP) is 5.51. The molecular weight excluding hydrogens is 523 g/mol. The molecule has 0 bridgehead atoms. The van der Waals surface area contributed by atoms with E-state index in [0.29, 0.717) is 21.0 Å². The molecule has 0 aliphatic heterocycles. The zero-order valence-electron chi connectivity index (χ0n) is 13.7. The maximum Gasteiger partial charge on any atom is 0.434 e. The topological polar surface area (TPSA) is 49.3 Å². The van der Waals surface area contributed by atoms with Gasteiger partial charge in [0, 0.05) is 12.4 Å². The van der Waals surface area contributed by atoms with Crippen molar-refractivity contribution in [3.05, 3.63) is 49.9 Å². The Morgan fingerprint density at radius 3 is 2.54 bits per heavy atom. The number of rotatable bonds is 4. The van der Waals surface area contributed by atoms with Crippen molar-refractivity contribution < 1.29 is 13.2 Å². The van der Waals surface area contributed by atoms with Crippen molar-refractivity contribution in [3.63, 3.8) is 0 Å². The molecule has 144 valence electrons. The highest BCUT2D eigenvalue weighted by molar-refractivity contribution is 14.0. The first-order valence-electron chi connectivity index (χ1n) is 7.14. The monoisotopic (exact) mass is 538 g/mol. The first kappa shape index (κ1) is 23.3. The molecule has 0 aliphatic carbocycles. The minimum atomic E-state index is -4.43. The number of aliphatic imine (C=N–C) groups is 1. The molecule has 1 atom stereocenters. The Kier molecular flexibility index (Phi) is 8.90. The van der Waals surface area contributed by atoms with Crippen molar-refractivity contribution in [1.29, 1.82) is 0 Å². The summed E-state index contributed by atoms with van der Waals surface area (Å²) in [5, 5.41) is 8.28. The third-order valence-corrected chi connectivity index (χ3v) is 4.86. The van der Waals surface area contributed by atoms with Gasteiger partial charge in [-0.25, -0.2) is 4.98 Å². The first-order valence-corrected chi connectivity index (χ1v) is 8.78. The smallest absolute Gasteiger partial charge is 0.350 e. The summed E-state index contributed by atoms with van der Waals surface area (Å²) in [4.78, 5) is 7.62. The molecule has 4 nitrogen and oxygen atoms in total. The minimum absolute atomic E-state index is 0. The van der Waals surface area contributed by atoms with E-state index in [1.807, 2.05) is 13.0 Å². The molecule has 0 spiro atoms.